The van der Waals surface area contributed by atoms with E-state index in [4.69, 9.17) is 4.74 Å². The van der Waals surface area contributed by atoms with Gasteiger partial charge in [0, 0.05) is 25.5 Å². The molecule has 0 aliphatic carbocycles. The molecule has 136 valence electrons. The lowest BCUT2D eigenvalue weighted by molar-refractivity contribution is -0.105. The van der Waals surface area contributed by atoms with Crippen LogP contribution >= 0.6 is 0 Å². The maximum atomic E-state index is 13.1. The Morgan fingerprint density at radius 2 is 1.96 bits per heavy atom. The fourth-order valence-corrected chi connectivity index (χ4v) is 3.57. The van der Waals surface area contributed by atoms with Crippen molar-refractivity contribution in [2.75, 3.05) is 37.7 Å². The van der Waals surface area contributed by atoms with Crippen LogP contribution < -0.4 is 4.90 Å². The SMILES string of the molecule is O=C(c1cnccn1)N1CCO[C@]2(CCCN(c3ncc(F)cn3)C2)C1. The molecule has 4 heterocycles. The van der Waals surface area contributed by atoms with Crippen molar-refractivity contribution >= 4 is 11.9 Å². The van der Waals surface area contributed by atoms with E-state index in [1.54, 1.807) is 11.1 Å². The van der Waals surface area contributed by atoms with E-state index in [1.165, 1.54) is 12.4 Å². The highest BCUT2D eigenvalue weighted by Gasteiger charge is 2.42. The van der Waals surface area contributed by atoms with E-state index in [2.05, 4.69) is 19.9 Å². The van der Waals surface area contributed by atoms with Crippen molar-refractivity contribution in [3.63, 3.8) is 0 Å². The van der Waals surface area contributed by atoms with Crippen LogP contribution in [-0.2, 0) is 4.74 Å². The molecule has 0 N–H and O–H groups in total. The molecule has 1 spiro atoms. The lowest BCUT2D eigenvalue weighted by Crippen LogP contribution is -2.61. The highest BCUT2D eigenvalue weighted by atomic mass is 19.1. The molecule has 0 aromatic carbocycles. The van der Waals surface area contributed by atoms with Crippen molar-refractivity contribution in [2.24, 2.45) is 0 Å². The Morgan fingerprint density at radius 3 is 2.73 bits per heavy atom. The van der Waals surface area contributed by atoms with Crippen LogP contribution in [0.3, 0.4) is 0 Å². The average molecular weight is 358 g/mol. The third-order valence-corrected chi connectivity index (χ3v) is 4.75. The van der Waals surface area contributed by atoms with Crippen molar-refractivity contribution in [1.29, 1.82) is 0 Å². The van der Waals surface area contributed by atoms with E-state index in [0.29, 0.717) is 37.9 Å². The zero-order valence-corrected chi connectivity index (χ0v) is 14.2. The van der Waals surface area contributed by atoms with Crippen molar-refractivity contribution in [2.45, 2.75) is 18.4 Å². The predicted molar refractivity (Wildman–Crippen MR) is 90.1 cm³/mol. The molecule has 26 heavy (non-hydrogen) atoms. The number of anilines is 1. The number of carbonyl (C=O) groups is 1. The minimum Gasteiger partial charge on any atom is -0.369 e. The second-order valence-electron chi connectivity index (χ2n) is 6.58. The normalized spacial score (nSPS) is 23.3. The van der Waals surface area contributed by atoms with Gasteiger partial charge in [0.05, 0.1) is 38.3 Å². The number of ether oxygens (including phenoxy) is 1. The summed E-state index contributed by atoms with van der Waals surface area (Å²) in [7, 11) is 0. The number of nitrogens with zero attached hydrogens (tertiary/aromatic N) is 6. The number of carbonyl (C=O) groups excluding carboxylic acids is 1. The molecule has 0 bridgehead atoms. The Kier molecular flexibility index (Phi) is 4.46. The summed E-state index contributed by atoms with van der Waals surface area (Å²) in [4.78, 5) is 32.7. The molecule has 4 rings (SSSR count). The van der Waals surface area contributed by atoms with Gasteiger partial charge in [-0.05, 0) is 12.8 Å². The third-order valence-electron chi connectivity index (χ3n) is 4.75. The maximum Gasteiger partial charge on any atom is 0.274 e. The van der Waals surface area contributed by atoms with E-state index in [1.807, 2.05) is 4.90 Å². The molecule has 2 saturated heterocycles. The van der Waals surface area contributed by atoms with Crippen LogP contribution in [0.2, 0.25) is 0 Å². The molecular formula is C17H19FN6O2. The number of aromatic nitrogens is 4. The van der Waals surface area contributed by atoms with E-state index in [0.717, 1.165) is 31.8 Å². The Labute approximate surface area is 150 Å². The van der Waals surface area contributed by atoms with Crippen LogP contribution in [-0.4, -0.2) is 69.1 Å². The first-order valence-corrected chi connectivity index (χ1v) is 8.57. The molecule has 2 aliphatic rings. The van der Waals surface area contributed by atoms with Gasteiger partial charge in [-0.3, -0.25) is 9.78 Å². The molecule has 1 amide bonds. The number of hydrogen-bond acceptors (Lipinski definition) is 7. The first-order chi connectivity index (χ1) is 12.7. The fourth-order valence-electron chi connectivity index (χ4n) is 3.57. The number of morpholine rings is 1. The van der Waals surface area contributed by atoms with Gasteiger partial charge >= 0.3 is 0 Å². The topological polar surface area (TPSA) is 84.3 Å². The monoisotopic (exact) mass is 358 g/mol. The molecule has 2 aromatic heterocycles. The maximum absolute atomic E-state index is 13.1. The van der Waals surface area contributed by atoms with Gasteiger partial charge in [0.15, 0.2) is 5.82 Å². The van der Waals surface area contributed by atoms with Gasteiger partial charge in [-0.25, -0.2) is 19.3 Å². The van der Waals surface area contributed by atoms with Gasteiger partial charge in [0.25, 0.3) is 5.91 Å². The number of hydrogen-bond donors (Lipinski definition) is 0. The second kappa shape index (κ2) is 6.91. The number of amides is 1. The van der Waals surface area contributed by atoms with Crippen LogP contribution in [0, 0.1) is 5.82 Å². The molecule has 2 aromatic rings. The molecule has 8 nitrogen and oxygen atoms in total. The second-order valence-corrected chi connectivity index (χ2v) is 6.58. The van der Waals surface area contributed by atoms with Gasteiger partial charge in [-0.1, -0.05) is 0 Å². The lowest BCUT2D eigenvalue weighted by atomic mass is 9.90. The van der Waals surface area contributed by atoms with Crippen LogP contribution in [0.4, 0.5) is 10.3 Å². The summed E-state index contributed by atoms with van der Waals surface area (Å²) in [5.41, 5.74) is -0.148. The van der Waals surface area contributed by atoms with Crippen molar-refractivity contribution in [3.8, 4) is 0 Å². The Balaban J connectivity index is 1.50. The van der Waals surface area contributed by atoms with Crippen LogP contribution in [0.5, 0.6) is 0 Å². The minimum absolute atomic E-state index is 0.143. The largest absolute Gasteiger partial charge is 0.369 e. The molecule has 0 saturated carbocycles. The summed E-state index contributed by atoms with van der Waals surface area (Å²) in [6.07, 6.45) is 8.58. The number of rotatable bonds is 2. The zero-order valence-electron chi connectivity index (χ0n) is 14.2. The molecule has 0 radical (unpaired) electrons. The minimum atomic E-state index is -0.480. The summed E-state index contributed by atoms with van der Waals surface area (Å²) >= 11 is 0. The summed E-state index contributed by atoms with van der Waals surface area (Å²) in [5, 5.41) is 0. The Morgan fingerprint density at radius 1 is 1.12 bits per heavy atom. The first kappa shape index (κ1) is 16.8. The molecule has 9 heteroatoms. The third kappa shape index (κ3) is 3.34. The lowest BCUT2D eigenvalue weighted by Gasteiger charge is -2.47. The van der Waals surface area contributed by atoms with Gasteiger partial charge < -0.3 is 14.5 Å². The number of halogens is 1. The fraction of sp³-hybridized carbons (Fsp3) is 0.471. The first-order valence-electron chi connectivity index (χ1n) is 8.57. The van der Waals surface area contributed by atoms with E-state index in [-0.39, 0.29) is 5.91 Å². The Hall–Kier alpha value is -2.68. The molecule has 2 fully saturated rings. The predicted octanol–water partition coefficient (Wildman–Crippen LogP) is 0.917. The molecule has 0 unspecified atom stereocenters. The standard InChI is InChI=1S/C17H19FN6O2/c18-13-8-21-16(22-9-13)24-5-1-2-17(12-24)11-23(6-7-26-17)15(25)14-10-19-3-4-20-14/h3-4,8-10H,1-2,5-7,11-12H2/t17-/m1/s1. The average Bonchev–Trinajstić information content (AvgIpc) is 2.69. The molecule has 2 aliphatic heterocycles. The van der Waals surface area contributed by atoms with Crippen molar-refractivity contribution in [1.82, 2.24) is 24.8 Å². The van der Waals surface area contributed by atoms with Crippen molar-refractivity contribution in [3.05, 3.63) is 42.5 Å². The van der Waals surface area contributed by atoms with Gasteiger partial charge in [0.2, 0.25) is 5.95 Å². The number of piperidine rings is 1. The van der Waals surface area contributed by atoms with Gasteiger partial charge in [0.1, 0.15) is 11.3 Å². The summed E-state index contributed by atoms with van der Waals surface area (Å²) in [6, 6.07) is 0. The van der Waals surface area contributed by atoms with Crippen LogP contribution in [0.25, 0.3) is 0 Å². The van der Waals surface area contributed by atoms with Gasteiger partial charge in [-0.2, -0.15) is 0 Å². The summed E-state index contributed by atoms with van der Waals surface area (Å²) < 4.78 is 19.2. The van der Waals surface area contributed by atoms with E-state index in [9.17, 15) is 9.18 Å². The quantitative estimate of drug-likeness (QED) is 0.789. The van der Waals surface area contributed by atoms with Crippen LogP contribution in [0.15, 0.2) is 31.0 Å². The van der Waals surface area contributed by atoms with E-state index >= 15 is 0 Å². The Bertz CT molecular complexity index is 771. The smallest absolute Gasteiger partial charge is 0.274 e. The zero-order chi connectivity index (χ0) is 18.0. The van der Waals surface area contributed by atoms with Gasteiger partial charge in [-0.15, -0.1) is 0 Å². The highest BCUT2D eigenvalue weighted by Crippen LogP contribution is 2.30. The summed E-state index contributed by atoms with van der Waals surface area (Å²) in [5.74, 6) is -0.127. The highest BCUT2D eigenvalue weighted by molar-refractivity contribution is 5.92. The van der Waals surface area contributed by atoms with E-state index < -0.39 is 11.4 Å². The molecular weight excluding hydrogens is 339 g/mol. The molecule has 1 atom stereocenters. The summed E-state index contributed by atoms with van der Waals surface area (Å²) in [6.45, 7) is 2.78. The van der Waals surface area contributed by atoms with Crippen LogP contribution in [0.1, 0.15) is 23.3 Å². The van der Waals surface area contributed by atoms with Crippen molar-refractivity contribution < 1.29 is 13.9 Å².